The Kier molecular flexibility index (Phi) is 4.70. The zero-order valence-electron chi connectivity index (χ0n) is 15.7. The molecule has 142 valence electrons. The van der Waals surface area contributed by atoms with Crippen LogP contribution in [-0.2, 0) is 16.6 Å². The fourth-order valence-corrected chi connectivity index (χ4v) is 5.38. The van der Waals surface area contributed by atoms with Crippen LogP contribution in [0.2, 0.25) is 0 Å². The summed E-state index contributed by atoms with van der Waals surface area (Å²) in [5, 5.41) is 13.1. The lowest BCUT2D eigenvalue weighted by Crippen LogP contribution is -2.60. The Bertz CT molecular complexity index is 688. The monoisotopic (exact) mass is 357 g/mol. The van der Waals surface area contributed by atoms with E-state index in [9.17, 15) is 9.90 Å². The molecular formula is C21H31N3O2. The average Bonchev–Trinajstić information content (AvgIpc) is 3.44. The van der Waals surface area contributed by atoms with E-state index in [4.69, 9.17) is 5.73 Å². The maximum Gasteiger partial charge on any atom is 0.233 e. The minimum atomic E-state index is -0.0938. The molecule has 1 aliphatic heterocycles. The van der Waals surface area contributed by atoms with Crippen molar-refractivity contribution in [3.8, 4) is 5.75 Å². The van der Waals surface area contributed by atoms with Crippen LogP contribution in [0.4, 0.5) is 0 Å². The van der Waals surface area contributed by atoms with Crippen LogP contribution in [-0.4, -0.2) is 48.1 Å². The number of rotatable bonds is 6. The summed E-state index contributed by atoms with van der Waals surface area (Å²) in [6.07, 6.45) is 5.84. The topological polar surface area (TPSA) is 78.6 Å². The van der Waals surface area contributed by atoms with Gasteiger partial charge in [-0.05, 0) is 73.7 Å². The zero-order valence-corrected chi connectivity index (χ0v) is 15.7. The van der Waals surface area contributed by atoms with Crippen LogP contribution in [0.3, 0.4) is 0 Å². The molecule has 2 aliphatic carbocycles. The highest BCUT2D eigenvalue weighted by Crippen LogP contribution is 2.52. The molecule has 1 saturated carbocycles. The lowest BCUT2D eigenvalue weighted by atomic mass is 9.56. The number of hydrogen-bond donors (Lipinski definition) is 3. The van der Waals surface area contributed by atoms with Gasteiger partial charge in [-0.15, -0.1) is 0 Å². The van der Waals surface area contributed by atoms with Gasteiger partial charge >= 0.3 is 0 Å². The van der Waals surface area contributed by atoms with Crippen LogP contribution < -0.4 is 11.1 Å². The van der Waals surface area contributed by atoms with Gasteiger partial charge in [0.25, 0.3) is 0 Å². The molecule has 3 atom stereocenters. The summed E-state index contributed by atoms with van der Waals surface area (Å²) >= 11 is 0. The van der Waals surface area contributed by atoms with Gasteiger partial charge < -0.3 is 16.2 Å². The van der Waals surface area contributed by atoms with Crippen molar-refractivity contribution < 1.29 is 9.90 Å². The summed E-state index contributed by atoms with van der Waals surface area (Å²) in [6.45, 7) is 5.41. The highest BCUT2D eigenvalue weighted by molar-refractivity contribution is 5.77. The first kappa shape index (κ1) is 17.8. The molecule has 1 aromatic rings. The van der Waals surface area contributed by atoms with Gasteiger partial charge in [-0.1, -0.05) is 13.0 Å². The number of likely N-dealkylation sites (tertiary alicyclic amines) is 1. The van der Waals surface area contributed by atoms with Crippen molar-refractivity contribution in [2.75, 3.05) is 26.2 Å². The van der Waals surface area contributed by atoms with Crippen LogP contribution >= 0.6 is 0 Å². The molecule has 3 aliphatic rings. The normalized spacial score (nSPS) is 30.7. The third-order valence-electron chi connectivity index (χ3n) is 7.09. The molecule has 0 unspecified atom stereocenters. The number of carbonyl (C=O) groups is 1. The molecule has 5 nitrogen and oxygen atoms in total. The van der Waals surface area contributed by atoms with E-state index in [2.05, 4.69) is 23.2 Å². The van der Waals surface area contributed by atoms with E-state index in [1.165, 1.54) is 30.5 Å². The highest BCUT2D eigenvalue weighted by Gasteiger charge is 2.51. The van der Waals surface area contributed by atoms with Crippen molar-refractivity contribution in [1.29, 1.82) is 0 Å². The Morgan fingerprint density at radius 1 is 1.42 bits per heavy atom. The Morgan fingerprint density at radius 3 is 2.96 bits per heavy atom. The number of fused-ring (bicyclic) bond motifs is 4. The van der Waals surface area contributed by atoms with Crippen LogP contribution in [0.1, 0.15) is 43.7 Å². The quantitative estimate of drug-likeness (QED) is 0.725. The van der Waals surface area contributed by atoms with Gasteiger partial charge in [0.15, 0.2) is 0 Å². The molecule has 4 N–H and O–H groups in total. The van der Waals surface area contributed by atoms with Crippen molar-refractivity contribution in [2.45, 2.75) is 50.5 Å². The van der Waals surface area contributed by atoms with Crippen molar-refractivity contribution in [1.82, 2.24) is 10.2 Å². The fourth-order valence-electron chi connectivity index (χ4n) is 5.38. The number of phenols is 1. The molecule has 1 saturated heterocycles. The molecule has 26 heavy (non-hydrogen) atoms. The second-order valence-corrected chi connectivity index (χ2v) is 8.55. The van der Waals surface area contributed by atoms with Crippen molar-refractivity contribution in [2.24, 2.45) is 17.6 Å². The van der Waals surface area contributed by atoms with E-state index < -0.39 is 0 Å². The molecule has 2 bridgehead atoms. The molecule has 1 amide bonds. The number of benzene rings is 1. The Balaban J connectivity index is 1.63. The smallest absolute Gasteiger partial charge is 0.233 e. The number of piperidine rings is 1. The SMILES string of the molecule is C[C@H]1[C@H]2Cc3ccc(O)cc3[C@@]1(CCNC(=O)CN)CCN2CC1CC1. The average molecular weight is 357 g/mol. The molecule has 4 rings (SSSR count). The summed E-state index contributed by atoms with van der Waals surface area (Å²) in [5.74, 6) is 1.67. The lowest BCUT2D eigenvalue weighted by molar-refractivity contribution is -0.119. The molecule has 0 radical (unpaired) electrons. The zero-order chi connectivity index (χ0) is 18.3. The second kappa shape index (κ2) is 6.86. The highest BCUT2D eigenvalue weighted by atomic mass is 16.3. The van der Waals surface area contributed by atoms with E-state index in [0.29, 0.717) is 24.3 Å². The molecule has 0 aromatic heterocycles. The van der Waals surface area contributed by atoms with Gasteiger partial charge in [-0.2, -0.15) is 0 Å². The number of phenolic OH excluding ortho intramolecular Hbond substituents is 1. The van der Waals surface area contributed by atoms with Crippen molar-refractivity contribution in [3.05, 3.63) is 29.3 Å². The summed E-state index contributed by atoms with van der Waals surface area (Å²) < 4.78 is 0. The van der Waals surface area contributed by atoms with Gasteiger partial charge in [-0.3, -0.25) is 9.69 Å². The Hall–Kier alpha value is -1.59. The molecule has 0 spiro atoms. The Labute approximate surface area is 155 Å². The van der Waals surface area contributed by atoms with Gasteiger partial charge in [-0.25, -0.2) is 0 Å². The van der Waals surface area contributed by atoms with Gasteiger partial charge in [0.05, 0.1) is 6.54 Å². The third-order valence-corrected chi connectivity index (χ3v) is 7.09. The Morgan fingerprint density at radius 2 is 2.23 bits per heavy atom. The fraction of sp³-hybridized carbons (Fsp3) is 0.667. The number of nitrogens with one attached hydrogen (secondary N) is 1. The van der Waals surface area contributed by atoms with Crippen LogP contribution in [0.15, 0.2) is 18.2 Å². The summed E-state index contributed by atoms with van der Waals surface area (Å²) in [4.78, 5) is 14.3. The van der Waals surface area contributed by atoms with Crippen LogP contribution in [0, 0.1) is 11.8 Å². The predicted octanol–water partition coefficient (Wildman–Crippen LogP) is 1.77. The molecule has 2 fully saturated rings. The van der Waals surface area contributed by atoms with Crippen LogP contribution in [0.5, 0.6) is 5.75 Å². The summed E-state index contributed by atoms with van der Waals surface area (Å²) in [5.41, 5.74) is 8.13. The van der Waals surface area contributed by atoms with E-state index in [-0.39, 0.29) is 17.9 Å². The number of hydrogen-bond acceptors (Lipinski definition) is 4. The maximum atomic E-state index is 11.6. The largest absolute Gasteiger partial charge is 0.508 e. The summed E-state index contributed by atoms with van der Waals surface area (Å²) in [7, 11) is 0. The third kappa shape index (κ3) is 3.12. The van der Waals surface area contributed by atoms with Crippen molar-refractivity contribution >= 4 is 5.91 Å². The van der Waals surface area contributed by atoms with Crippen molar-refractivity contribution in [3.63, 3.8) is 0 Å². The first-order valence-corrected chi connectivity index (χ1v) is 10.1. The van der Waals surface area contributed by atoms with E-state index in [0.717, 1.165) is 31.7 Å². The maximum absolute atomic E-state index is 11.6. The van der Waals surface area contributed by atoms with Gasteiger partial charge in [0.2, 0.25) is 5.91 Å². The summed E-state index contributed by atoms with van der Waals surface area (Å²) in [6, 6.07) is 6.46. The molecule has 1 heterocycles. The second-order valence-electron chi connectivity index (χ2n) is 8.55. The molecule has 1 aromatic carbocycles. The number of carbonyl (C=O) groups excluding carboxylic acids is 1. The number of aromatic hydroxyl groups is 1. The first-order chi connectivity index (χ1) is 12.5. The molecular weight excluding hydrogens is 326 g/mol. The van der Waals surface area contributed by atoms with E-state index >= 15 is 0 Å². The van der Waals surface area contributed by atoms with Crippen LogP contribution in [0.25, 0.3) is 0 Å². The van der Waals surface area contributed by atoms with E-state index in [1.807, 2.05) is 12.1 Å². The minimum absolute atomic E-state index is 0.0267. The standard InChI is InChI=1S/C21H31N3O2/c1-14-19-10-16-4-5-17(25)11-18(16)21(14,6-8-23-20(26)12-22)7-9-24(19)13-15-2-3-15/h4-5,11,14-15,19,25H,2-3,6-10,12-13,22H2,1H3,(H,23,26)/t14-,19+,21-/m0/s1. The van der Waals surface area contributed by atoms with Gasteiger partial charge in [0.1, 0.15) is 5.75 Å². The first-order valence-electron chi connectivity index (χ1n) is 10.1. The number of nitrogens with two attached hydrogens (primary N) is 1. The predicted molar refractivity (Wildman–Crippen MR) is 102 cm³/mol. The van der Waals surface area contributed by atoms with E-state index in [1.54, 1.807) is 0 Å². The van der Waals surface area contributed by atoms with Gasteiger partial charge in [0, 0.05) is 24.5 Å². The number of nitrogens with zero attached hydrogens (tertiary/aromatic N) is 1. The molecule has 5 heteroatoms. The minimum Gasteiger partial charge on any atom is -0.508 e. The number of amides is 1. The lowest BCUT2D eigenvalue weighted by Gasteiger charge is -2.56.